The molecule has 0 N–H and O–H groups in total. The van der Waals surface area contributed by atoms with Gasteiger partial charge in [-0.1, -0.05) is 47.1 Å². The standard InChI is InChI=1S/C12H15BrO/c1-3-10-6-4-5-7-11(10)8-12(13)9(2)14/h4-7,12H,3,8H2,1-2H3. The summed E-state index contributed by atoms with van der Waals surface area (Å²) in [7, 11) is 0. The van der Waals surface area contributed by atoms with Crippen LogP contribution in [0.5, 0.6) is 0 Å². The minimum absolute atomic E-state index is 0.0461. The van der Waals surface area contributed by atoms with Crippen LogP contribution in [-0.4, -0.2) is 10.6 Å². The minimum atomic E-state index is -0.0461. The van der Waals surface area contributed by atoms with Crippen molar-refractivity contribution >= 4 is 21.7 Å². The van der Waals surface area contributed by atoms with Gasteiger partial charge in [-0.05, 0) is 30.9 Å². The second-order valence-corrected chi connectivity index (χ2v) is 4.51. The Kier molecular flexibility index (Phi) is 4.33. The van der Waals surface area contributed by atoms with Gasteiger partial charge in [0.05, 0.1) is 4.83 Å². The molecule has 1 unspecified atom stereocenters. The van der Waals surface area contributed by atoms with Gasteiger partial charge >= 0.3 is 0 Å². The zero-order chi connectivity index (χ0) is 10.6. The molecule has 1 atom stereocenters. The SMILES string of the molecule is CCc1ccccc1CC(Br)C(C)=O. The van der Waals surface area contributed by atoms with E-state index in [9.17, 15) is 4.79 Å². The van der Waals surface area contributed by atoms with Crippen LogP contribution >= 0.6 is 15.9 Å². The van der Waals surface area contributed by atoms with Gasteiger partial charge in [-0.2, -0.15) is 0 Å². The summed E-state index contributed by atoms with van der Waals surface area (Å²) in [4.78, 5) is 11.1. The molecule has 1 aromatic rings. The van der Waals surface area contributed by atoms with Gasteiger partial charge in [-0.15, -0.1) is 0 Å². The summed E-state index contributed by atoms with van der Waals surface area (Å²) in [5.74, 6) is 0.191. The number of ketones is 1. The molecular weight excluding hydrogens is 240 g/mol. The van der Waals surface area contributed by atoms with Crippen LogP contribution in [0.3, 0.4) is 0 Å². The molecule has 2 heteroatoms. The predicted molar refractivity (Wildman–Crippen MR) is 62.9 cm³/mol. The lowest BCUT2D eigenvalue weighted by atomic mass is 10.0. The van der Waals surface area contributed by atoms with Crippen LogP contribution in [0.25, 0.3) is 0 Å². The van der Waals surface area contributed by atoms with E-state index in [0.717, 1.165) is 12.8 Å². The third kappa shape index (κ3) is 2.95. The molecule has 0 spiro atoms. The molecule has 0 saturated heterocycles. The number of Topliss-reactive ketones (excluding diaryl/α,β-unsaturated/α-hetero) is 1. The maximum absolute atomic E-state index is 11.1. The number of halogens is 1. The van der Waals surface area contributed by atoms with Gasteiger partial charge in [0, 0.05) is 0 Å². The third-order valence-corrected chi connectivity index (χ3v) is 3.31. The number of carbonyl (C=O) groups excluding carboxylic acids is 1. The molecule has 0 aliphatic heterocycles. The number of benzene rings is 1. The van der Waals surface area contributed by atoms with Crippen LogP contribution in [0.4, 0.5) is 0 Å². The average molecular weight is 255 g/mol. The molecule has 0 aromatic heterocycles. The van der Waals surface area contributed by atoms with Crippen molar-refractivity contribution in [2.75, 3.05) is 0 Å². The van der Waals surface area contributed by atoms with Crippen molar-refractivity contribution in [3.05, 3.63) is 35.4 Å². The lowest BCUT2D eigenvalue weighted by Crippen LogP contribution is -2.13. The Morgan fingerprint density at radius 2 is 1.93 bits per heavy atom. The van der Waals surface area contributed by atoms with E-state index in [4.69, 9.17) is 0 Å². The first-order valence-corrected chi connectivity index (χ1v) is 5.78. The molecule has 0 saturated carbocycles. The highest BCUT2D eigenvalue weighted by molar-refractivity contribution is 9.10. The van der Waals surface area contributed by atoms with Crippen LogP contribution in [0.2, 0.25) is 0 Å². The molecule has 1 aromatic carbocycles. The summed E-state index contributed by atoms with van der Waals surface area (Å²) in [6.45, 7) is 3.75. The highest BCUT2D eigenvalue weighted by atomic mass is 79.9. The fourth-order valence-electron chi connectivity index (χ4n) is 1.44. The molecular formula is C12H15BrO. The third-order valence-electron chi connectivity index (χ3n) is 2.34. The summed E-state index contributed by atoms with van der Waals surface area (Å²) in [6.07, 6.45) is 1.81. The van der Waals surface area contributed by atoms with E-state index in [0.29, 0.717) is 0 Å². The highest BCUT2D eigenvalue weighted by Gasteiger charge is 2.11. The molecule has 0 aliphatic carbocycles. The first-order valence-electron chi connectivity index (χ1n) is 4.86. The van der Waals surface area contributed by atoms with E-state index < -0.39 is 0 Å². The molecule has 0 amide bonds. The van der Waals surface area contributed by atoms with Crippen molar-refractivity contribution in [2.45, 2.75) is 31.5 Å². The lowest BCUT2D eigenvalue weighted by molar-refractivity contribution is -0.116. The molecule has 0 fully saturated rings. The van der Waals surface area contributed by atoms with Gasteiger partial charge in [0.25, 0.3) is 0 Å². The summed E-state index contributed by atoms with van der Waals surface area (Å²) >= 11 is 3.39. The summed E-state index contributed by atoms with van der Waals surface area (Å²) in [5, 5.41) is 0. The Hall–Kier alpha value is -0.630. The molecule has 1 nitrogen and oxygen atoms in total. The van der Waals surface area contributed by atoms with E-state index >= 15 is 0 Å². The smallest absolute Gasteiger partial charge is 0.143 e. The quantitative estimate of drug-likeness (QED) is 0.755. The molecule has 0 aliphatic rings. The van der Waals surface area contributed by atoms with Crippen LogP contribution in [0.15, 0.2) is 24.3 Å². The van der Waals surface area contributed by atoms with Crippen molar-refractivity contribution in [3.63, 3.8) is 0 Å². The van der Waals surface area contributed by atoms with Gasteiger partial charge in [0.15, 0.2) is 0 Å². The molecule has 0 radical (unpaired) electrons. The summed E-state index contributed by atoms with van der Waals surface area (Å²) < 4.78 is 0. The highest BCUT2D eigenvalue weighted by Crippen LogP contribution is 2.15. The second-order valence-electron chi connectivity index (χ2n) is 3.40. The fraction of sp³-hybridized carbons (Fsp3) is 0.417. The number of hydrogen-bond acceptors (Lipinski definition) is 1. The number of hydrogen-bond donors (Lipinski definition) is 0. The van der Waals surface area contributed by atoms with Crippen molar-refractivity contribution in [1.82, 2.24) is 0 Å². The van der Waals surface area contributed by atoms with Crippen molar-refractivity contribution < 1.29 is 4.79 Å². The van der Waals surface area contributed by atoms with E-state index in [1.165, 1.54) is 11.1 Å². The Morgan fingerprint density at radius 1 is 1.36 bits per heavy atom. The zero-order valence-electron chi connectivity index (χ0n) is 8.59. The largest absolute Gasteiger partial charge is 0.299 e. The Bertz CT molecular complexity index is 320. The van der Waals surface area contributed by atoms with Crippen LogP contribution in [0, 0.1) is 0 Å². The Balaban J connectivity index is 2.80. The minimum Gasteiger partial charge on any atom is -0.299 e. The van der Waals surface area contributed by atoms with Gasteiger partial charge in [-0.3, -0.25) is 4.79 Å². The van der Waals surface area contributed by atoms with Crippen LogP contribution < -0.4 is 0 Å². The van der Waals surface area contributed by atoms with Gasteiger partial charge in [0.1, 0.15) is 5.78 Å². The molecule has 0 heterocycles. The first kappa shape index (κ1) is 11.4. The Morgan fingerprint density at radius 3 is 2.43 bits per heavy atom. The number of alkyl halides is 1. The zero-order valence-corrected chi connectivity index (χ0v) is 10.2. The molecule has 1 rings (SSSR count). The predicted octanol–water partition coefficient (Wildman–Crippen LogP) is 3.14. The van der Waals surface area contributed by atoms with Gasteiger partial charge in [0.2, 0.25) is 0 Å². The summed E-state index contributed by atoms with van der Waals surface area (Å²) in [6, 6.07) is 8.28. The Labute approximate surface area is 93.7 Å². The average Bonchev–Trinajstić information content (AvgIpc) is 2.18. The van der Waals surface area contributed by atoms with Gasteiger partial charge in [-0.25, -0.2) is 0 Å². The van der Waals surface area contributed by atoms with Crippen molar-refractivity contribution in [3.8, 4) is 0 Å². The van der Waals surface area contributed by atoms with Crippen LogP contribution in [0.1, 0.15) is 25.0 Å². The molecule has 0 bridgehead atoms. The van der Waals surface area contributed by atoms with E-state index in [2.05, 4.69) is 35.0 Å². The monoisotopic (exact) mass is 254 g/mol. The number of aryl methyl sites for hydroxylation is 1. The first-order chi connectivity index (χ1) is 6.65. The summed E-state index contributed by atoms with van der Waals surface area (Å²) in [5.41, 5.74) is 2.60. The molecule has 14 heavy (non-hydrogen) atoms. The maximum atomic E-state index is 11.1. The normalized spacial score (nSPS) is 12.5. The van der Waals surface area contributed by atoms with Crippen molar-refractivity contribution in [2.24, 2.45) is 0 Å². The van der Waals surface area contributed by atoms with E-state index in [-0.39, 0.29) is 10.6 Å². The maximum Gasteiger partial charge on any atom is 0.143 e. The van der Waals surface area contributed by atoms with E-state index in [1.54, 1.807) is 6.92 Å². The van der Waals surface area contributed by atoms with Gasteiger partial charge < -0.3 is 0 Å². The lowest BCUT2D eigenvalue weighted by Gasteiger charge is -2.09. The van der Waals surface area contributed by atoms with Crippen LogP contribution in [-0.2, 0) is 17.6 Å². The number of rotatable bonds is 4. The topological polar surface area (TPSA) is 17.1 Å². The number of carbonyl (C=O) groups is 1. The fourth-order valence-corrected chi connectivity index (χ4v) is 1.79. The molecule has 76 valence electrons. The van der Waals surface area contributed by atoms with E-state index in [1.807, 2.05) is 12.1 Å². The second kappa shape index (κ2) is 5.30. The van der Waals surface area contributed by atoms with Crippen molar-refractivity contribution in [1.29, 1.82) is 0 Å².